The zero-order valence-corrected chi connectivity index (χ0v) is 14.7. The first-order valence-corrected chi connectivity index (χ1v) is 8.78. The van der Waals surface area contributed by atoms with E-state index in [2.05, 4.69) is 83.8 Å². The fourth-order valence-corrected chi connectivity index (χ4v) is 3.86. The maximum Gasteiger partial charge on any atom is 0.0391 e. The van der Waals surface area contributed by atoms with Crippen LogP contribution in [0.15, 0.2) is 46.3 Å². The van der Waals surface area contributed by atoms with E-state index in [4.69, 9.17) is 0 Å². The van der Waals surface area contributed by atoms with Gasteiger partial charge in [0.1, 0.15) is 0 Å². The number of halogens is 1. The van der Waals surface area contributed by atoms with Crippen molar-refractivity contribution in [2.45, 2.75) is 39.3 Å². The molecule has 0 saturated carbocycles. The van der Waals surface area contributed by atoms with Crippen LogP contribution < -0.4 is 5.32 Å². The van der Waals surface area contributed by atoms with Gasteiger partial charge in [0, 0.05) is 26.8 Å². The Bertz CT molecular complexity index is 521. The molecular weight excluding hydrogens is 330 g/mol. The van der Waals surface area contributed by atoms with Crippen molar-refractivity contribution in [1.82, 2.24) is 5.32 Å². The molecule has 1 nitrogen and oxygen atoms in total. The summed E-state index contributed by atoms with van der Waals surface area (Å²) < 4.78 is 1.17. The van der Waals surface area contributed by atoms with Gasteiger partial charge < -0.3 is 5.32 Å². The maximum atomic E-state index is 3.78. The van der Waals surface area contributed by atoms with Crippen LogP contribution in [0.25, 0.3) is 0 Å². The van der Waals surface area contributed by atoms with Crippen LogP contribution in [-0.2, 0) is 0 Å². The van der Waals surface area contributed by atoms with E-state index < -0.39 is 0 Å². The van der Waals surface area contributed by atoms with Crippen molar-refractivity contribution >= 4 is 27.3 Å². The first-order chi connectivity index (χ1) is 9.56. The summed E-state index contributed by atoms with van der Waals surface area (Å²) in [6.45, 7) is 6.81. The molecular formula is C17H22BrNS. The lowest BCUT2D eigenvalue weighted by atomic mass is 9.96. The Balaban J connectivity index is 2.11. The molecule has 0 saturated heterocycles. The Kier molecular flexibility index (Phi) is 5.82. The largest absolute Gasteiger partial charge is 0.303 e. The third-order valence-corrected chi connectivity index (χ3v) is 5.25. The molecule has 2 rings (SSSR count). The van der Waals surface area contributed by atoms with Crippen molar-refractivity contribution in [3.05, 3.63) is 56.7 Å². The maximum absolute atomic E-state index is 3.78. The van der Waals surface area contributed by atoms with Crippen LogP contribution in [0.5, 0.6) is 0 Å². The van der Waals surface area contributed by atoms with Gasteiger partial charge in [-0.2, -0.15) is 0 Å². The van der Waals surface area contributed by atoms with Crippen molar-refractivity contribution in [2.75, 3.05) is 0 Å². The molecule has 1 aromatic heterocycles. The number of rotatable bonds is 6. The molecule has 1 aromatic carbocycles. The summed E-state index contributed by atoms with van der Waals surface area (Å²) in [6, 6.07) is 13.7. The van der Waals surface area contributed by atoms with Crippen LogP contribution in [0.1, 0.15) is 49.7 Å². The Morgan fingerprint density at radius 2 is 1.85 bits per heavy atom. The van der Waals surface area contributed by atoms with Crippen LogP contribution in [0.2, 0.25) is 0 Å². The van der Waals surface area contributed by atoms with E-state index in [1.54, 1.807) is 11.3 Å². The first-order valence-electron chi connectivity index (χ1n) is 7.11. The molecule has 0 aliphatic heterocycles. The van der Waals surface area contributed by atoms with Gasteiger partial charge in [0.2, 0.25) is 0 Å². The van der Waals surface area contributed by atoms with Gasteiger partial charge in [-0.15, -0.1) is 11.3 Å². The Labute approximate surface area is 134 Å². The summed E-state index contributed by atoms with van der Waals surface area (Å²) in [5, 5.41) is 5.93. The molecule has 0 amide bonds. The van der Waals surface area contributed by atoms with E-state index in [0.29, 0.717) is 18.0 Å². The molecule has 1 N–H and O–H groups in total. The average Bonchev–Trinajstić information content (AvgIpc) is 2.85. The third-order valence-electron chi connectivity index (χ3n) is 3.37. The molecule has 20 heavy (non-hydrogen) atoms. The monoisotopic (exact) mass is 351 g/mol. The molecule has 1 heterocycles. The van der Waals surface area contributed by atoms with Gasteiger partial charge in [0.05, 0.1) is 0 Å². The molecule has 0 bridgehead atoms. The predicted octanol–water partition coefficient (Wildman–Crippen LogP) is 5.95. The van der Waals surface area contributed by atoms with Gasteiger partial charge in [0.25, 0.3) is 0 Å². The first kappa shape index (κ1) is 15.7. The van der Waals surface area contributed by atoms with E-state index in [1.807, 2.05) is 0 Å². The molecule has 2 atom stereocenters. The molecule has 3 heteroatoms. The van der Waals surface area contributed by atoms with Gasteiger partial charge in [-0.3, -0.25) is 0 Å². The second-order valence-electron chi connectivity index (χ2n) is 5.65. The molecule has 2 unspecified atom stereocenters. The smallest absolute Gasteiger partial charge is 0.0391 e. The number of nitrogens with one attached hydrogen (secondary N) is 1. The summed E-state index contributed by atoms with van der Waals surface area (Å²) >= 11 is 5.34. The standard InChI is InChI=1S/C17H22BrNS/c1-12(2)9-16(14-7-5-4-6-8-14)19-13(3)17-10-15(18)11-20-17/h4-8,10-13,16,19H,9H2,1-3H3. The lowest BCUT2D eigenvalue weighted by molar-refractivity contribution is 0.396. The lowest BCUT2D eigenvalue weighted by Crippen LogP contribution is -2.25. The molecule has 0 fully saturated rings. The van der Waals surface area contributed by atoms with Crippen LogP contribution in [0.4, 0.5) is 0 Å². The van der Waals surface area contributed by atoms with Crippen molar-refractivity contribution in [3.63, 3.8) is 0 Å². The Morgan fingerprint density at radius 1 is 1.15 bits per heavy atom. The van der Waals surface area contributed by atoms with E-state index in [1.165, 1.54) is 14.9 Å². The van der Waals surface area contributed by atoms with Gasteiger partial charge in [-0.05, 0) is 46.8 Å². The zero-order valence-electron chi connectivity index (χ0n) is 12.3. The number of benzene rings is 1. The van der Waals surface area contributed by atoms with E-state index >= 15 is 0 Å². The van der Waals surface area contributed by atoms with E-state index in [-0.39, 0.29) is 0 Å². The highest BCUT2D eigenvalue weighted by atomic mass is 79.9. The summed E-state index contributed by atoms with van der Waals surface area (Å²) in [6.07, 6.45) is 1.15. The molecule has 0 aliphatic rings. The lowest BCUT2D eigenvalue weighted by Gasteiger charge is -2.25. The van der Waals surface area contributed by atoms with Gasteiger partial charge in [0.15, 0.2) is 0 Å². The second kappa shape index (κ2) is 7.39. The summed E-state index contributed by atoms with van der Waals surface area (Å²) in [7, 11) is 0. The topological polar surface area (TPSA) is 12.0 Å². The minimum absolute atomic E-state index is 0.371. The highest BCUT2D eigenvalue weighted by molar-refractivity contribution is 9.10. The Hall–Kier alpha value is -0.640. The fraction of sp³-hybridized carbons (Fsp3) is 0.412. The predicted molar refractivity (Wildman–Crippen MR) is 92.2 cm³/mol. The quantitative estimate of drug-likeness (QED) is 0.677. The number of thiophene rings is 1. The average molecular weight is 352 g/mol. The molecule has 108 valence electrons. The van der Waals surface area contributed by atoms with Gasteiger partial charge >= 0.3 is 0 Å². The summed E-state index contributed by atoms with van der Waals surface area (Å²) in [4.78, 5) is 1.38. The van der Waals surface area contributed by atoms with Crippen LogP contribution in [0.3, 0.4) is 0 Å². The Morgan fingerprint density at radius 3 is 2.40 bits per heavy atom. The van der Waals surface area contributed by atoms with Crippen LogP contribution >= 0.6 is 27.3 Å². The SMILES string of the molecule is CC(C)CC(NC(C)c1cc(Br)cs1)c1ccccc1. The molecule has 0 spiro atoms. The van der Waals surface area contributed by atoms with Gasteiger partial charge in [-0.1, -0.05) is 44.2 Å². The van der Waals surface area contributed by atoms with Crippen molar-refractivity contribution in [1.29, 1.82) is 0 Å². The van der Waals surface area contributed by atoms with Crippen molar-refractivity contribution in [2.24, 2.45) is 5.92 Å². The highest BCUT2D eigenvalue weighted by Crippen LogP contribution is 2.29. The summed E-state index contributed by atoms with van der Waals surface area (Å²) in [5.41, 5.74) is 1.38. The number of hydrogen-bond donors (Lipinski definition) is 1. The van der Waals surface area contributed by atoms with Crippen molar-refractivity contribution < 1.29 is 0 Å². The molecule has 0 radical (unpaired) electrons. The normalized spacial score (nSPS) is 14.4. The minimum atomic E-state index is 0.371. The van der Waals surface area contributed by atoms with Crippen LogP contribution in [0, 0.1) is 5.92 Å². The molecule has 2 aromatic rings. The number of hydrogen-bond acceptors (Lipinski definition) is 2. The van der Waals surface area contributed by atoms with Crippen molar-refractivity contribution in [3.8, 4) is 0 Å². The minimum Gasteiger partial charge on any atom is -0.303 e. The second-order valence-corrected chi connectivity index (χ2v) is 7.51. The van der Waals surface area contributed by atoms with E-state index in [0.717, 1.165) is 6.42 Å². The van der Waals surface area contributed by atoms with Crippen LogP contribution in [-0.4, -0.2) is 0 Å². The van der Waals surface area contributed by atoms with Gasteiger partial charge in [-0.25, -0.2) is 0 Å². The third kappa shape index (κ3) is 4.44. The summed E-state index contributed by atoms with van der Waals surface area (Å²) in [5.74, 6) is 0.676. The highest BCUT2D eigenvalue weighted by Gasteiger charge is 2.17. The van der Waals surface area contributed by atoms with E-state index in [9.17, 15) is 0 Å². The fourth-order valence-electron chi connectivity index (χ4n) is 2.40. The molecule has 0 aliphatic carbocycles. The zero-order chi connectivity index (χ0) is 14.5.